The number of hydrogen-bond donors (Lipinski definition) is 1. The molecule has 0 aromatic heterocycles. The highest BCUT2D eigenvalue weighted by molar-refractivity contribution is 7.89. The number of carboxylic acid groups (broad SMARTS) is 1. The Bertz CT molecular complexity index is 474. The van der Waals surface area contributed by atoms with E-state index >= 15 is 0 Å². The topological polar surface area (TPSA) is 77.9 Å². The van der Waals surface area contributed by atoms with E-state index in [1.807, 2.05) is 11.9 Å². The number of carboxylic acids is 1. The Balaban J connectivity index is 1.89. The van der Waals surface area contributed by atoms with Crippen LogP contribution in [0.5, 0.6) is 0 Å². The van der Waals surface area contributed by atoms with E-state index in [9.17, 15) is 13.2 Å². The second-order valence-electron chi connectivity index (χ2n) is 6.72. The maximum Gasteiger partial charge on any atom is 0.317 e. The fourth-order valence-corrected chi connectivity index (χ4v) is 5.62. The zero-order valence-electron chi connectivity index (χ0n) is 13.4. The number of hydrogen-bond acceptors (Lipinski definition) is 4. The molecule has 22 heavy (non-hydrogen) atoms. The number of aliphatic carboxylic acids is 1. The number of carbonyl (C=O) groups is 1. The number of likely N-dealkylation sites (N-methyl/N-ethyl adjacent to an activating group) is 1. The van der Waals surface area contributed by atoms with Crippen molar-refractivity contribution in [3.8, 4) is 0 Å². The van der Waals surface area contributed by atoms with Crippen LogP contribution >= 0.6 is 0 Å². The highest BCUT2D eigenvalue weighted by Crippen LogP contribution is 2.28. The minimum atomic E-state index is -3.16. The van der Waals surface area contributed by atoms with Gasteiger partial charge in [-0.25, -0.2) is 12.7 Å². The Hall–Kier alpha value is -0.660. The number of rotatable bonds is 6. The van der Waals surface area contributed by atoms with Crippen LogP contribution in [0, 0.1) is 5.92 Å². The van der Waals surface area contributed by atoms with Crippen molar-refractivity contribution < 1.29 is 18.3 Å². The van der Waals surface area contributed by atoms with Crippen molar-refractivity contribution >= 4 is 16.0 Å². The molecular weight excluding hydrogens is 304 g/mol. The van der Waals surface area contributed by atoms with E-state index in [-0.39, 0.29) is 12.6 Å². The van der Waals surface area contributed by atoms with Crippen LogP contribution in [0.15, 0.2) is 0 Å². The highest BCUT2D eigenvalue weighted by atomic mass is 32.2. The molecule has 1 saturated carbocycles. The first kappa shape index (κ1) is 17.7. The van der Waals surface area contributed by atoms with Crippen molar-refractivity contribution in [3.05, 3.63) is 0 Å². The predicted octanol–water partition coefficient (Wildman–Crippen LogP) is 1.38. The summed E-state index contributed by atoms with van der Waals surface area (Å²) in [7, 11) is -1.36. The smallest absolute Gasteiger partial charge is 0.317 e. The minimum Gasteiger partial charge on any atom is -0.480 e. The summed E-state index contributed by atoms with van der Waals surface area (Å²) in [5.74, 6) is -0.209. The molecule has 1 unspecified atom stereocenters. The van der Waals surface area contributed by atoms with Crippen molar-refractivity contribution in [2.45, 2.75) is 51.0 Å². The zero-order chi connectivity index (χ0) is 16.2. The second kappa shape index (κ2) is 7.75. The summed E-state index contributed by atoms with van der Waals surface area (Å²) < 4.78 is 26.8. The molecule has 2 fully saturated rings. The summed E-state index contributed by atoms with van der Waals surface area (Å²) in [4.78, 5) is 12.6. The van der Waals surface area contributed by atoms with Crippen LogP contribution in [0.1, 0.15) is 44.9 Å². The fraction of sp³-hybridized carbons (Fsp3) is 0.933. The zero-order valence-corrected chi connectivity index (χ0v) is 14.2. The van der Waals surface area contributed by atoms with Crippen LogP contribution in [-0.4, -0.2) is 67.2 Å². The van der Waals surface area contributed by atoms with Gasteiger partial charge in [0, 0.05) is 19.1 Å². The van der Waals surface area contributed by atoms with E-state index in [0.717, 1.165) is 38.5 Å². The standard InChI is InChI=1S/C15H28N2O4S/c1-16(11-15(18)19)14-7-4-9-17(10-8-14)22(20,21)12-13-5-2-3-6-13/h13-14H,2-12H2,1H3,(H,18,19). The molecule has 128 valence electrons. The molecule has 2 rings (SSSR count). The molecule has 1 heterocycles. The minimum absolute atomic E-state index is 0.0134. The van der Waals surface area contributed by atoms with Gasteiger partial charge in [-0.3, -0.25) is 9.69 Å². The lowest BCUT2D eigenvalue weighted by Crippen LogP contribution is -2.38. The van der Waals surface area contributed by atoms with Gasteiger partial charge in [0.1, 0.15) is 0 Å². The van der Waals surface area contributed by atoms with Gasteiger partial charge in [-0.1, -0.05) is 12.8 Å². The lowest BCUT2D eigenvalue weighted by atomic mass is 10.1. The molecule has 2 aliphatic rings. The molecule has 1 aliphatic carbocycles. The van der Waals surface area contributed by atoms with Gasteiger partial charge in [0.05, 0.1) is 12.3 Å². The third-order valence-electron chi connectivity index (χ3n) is 4.98. The molecule has 0 radical (unpaired) electrons. The fourth-order valence-electron chi connectivity index (χ4n) is 3.69. The Kier molecular flexibility index (Phi) is 6.23. The molecule has 0 aromatic rings. The lowest BCUT2D eigenvalue weighted by molar-refractivity contribution is -0.138. The van der Waals surface area contributed by atoms with E-state index in [1.54, 1.807) is 4.31 Å². The second-order valence-corrected chi connectivity index (χ2v) is 8.74. The van der Waals surface area contributed by atoms with Gasteiger partial charge >= 0.3 is 5.97 Å². The van der Waals surface area contributed by atoms with Crippen LogP contribution in [0.2, 0.25) is 0 Å². The van der Waals surface area contributed by atoms with Crippen molar-refractivity contribution in [3.63, 3.8) is 0 Å². The quantitative estimate of drug-likeness (QED) is 0.795. The van der Waals surface area contributed by atoms with Gasteiger partial charge < -0.3 is 5.11 Å². The number of nitrogens with zero attached hydrogens (tertiary/aromatic N) is 2. The van der Waals surface area contributed by atoms with Crippen LogP contribution < -0.4 is 0 Å². The summed E-state index contributed by atoms with van der Waals surface area (Å²) in [5, 5.41) is 8.88. The summed E-state index contributed by atoms with van der Waals surface area (Å²) in [6, 6.07) is 0.155. The Labute approximate surface area is 133 Å². The monoisotopic (exact) mass is 332 g/mol. The van der Waals surface area contributed by atoms with Gasteiger partial charge in [-0.15, -0.1) is 0 Å². The molecule has 0 bridgehead atoms. The van der Waals surface area contributed by atoms with Crippen molar-refractivity contribution in [1.29, 1.82) is 0 Å². The van der Waals surface area contributed by atoms with E-state index in [2.05, 4.69) is 0 Å². The Morgan fingerprint density at radius 1 is 1.14 bits per heavy atom. The van der Waals surface area contributed by atoms with Gasteiger partial charge in [0.15, 0.2) is 0 Å². The third-order valence-corrected chi connectivity index (χ3v) is 7.02. The molecular formula is C15H28N2O4S. The summed E-state index contributed by atoms with van der Waals surface area (Å²) in [6.07, 6.45) is 6.77. The first-order chi connectivity index (χ1) is 10.4. The molecule has 1 saturated heterocycles. The van der Waals surface area contributed by atoms with Gasteiger partial charge in [-0.05, 0) is 45.1 Å². The molecule has 1 aliphatic heterocycles. The molecule has 0 amide bonds. The third kappa shape index (κ3) is 4.93. The molecule has 0 spiro atoms. The number of sulfonamides is 1. The van der Waals surface area contributed by atoms with Crippen LogP contribution in [0.3, 0.4) is 0 Å². The molecule has 7 heteroatoms. The van der Waals surface area contributed by atoms with E-state index in [0.29, 0.717) is 31.2 Å². The maximum absolute atomic E-state index is 12.6. The normalized spacial score (nSPS) is 25.5. The van der Waals surface area contributed by atoms with Gasteiger partial charge in [0.2, 0.25) is 10.0 Å². The van der Waals surface area contributed by atoms with Crippen LogP contribution in [0.4, 0.5) is 0 Å². The summed E-state index contributed by atoms with van der Waals surface area (Å²) in [5.41, 5.74) is 0. The van der Waals surface area contributed by atoms with Gasteiger partial charge in [0.25, 0.3) is 0 Å². The first-order valence-electron chi connectivity index (χ1n) is 8.28. The molecule has 0 aromatic carbocycles. The van der Waals surface area contributed by atoms with Crippen LogP contribution in [0.25, 0.3) is 0 Å². The van der Waals surface area contributed by atoms with E-state index in [4.69, 9.17) is 5.11 Å². The van der Waals surface area contributed by atoms with Gasteiger partial charge in [-0.2, -0.15) is 0 Å². The first-order valence-corrected chi connectivity index (χ1v) is 9.89. The molecule has 1 N–H and O–H groups in total. The van der Waals surface area contributed by atoms with Crippen molar-refractivity contribution in [2.24, 2.45) is 5.92 Å². The highest BCUT2D eigenvalue weighted by Gasteiger charge is 2.30. The Morgan fingerprint density at radius 2 is 1.82 bits per heavy atom. The lowest BCUT2D eigenvalue weighted by Gasteiger charge is -2.25. The average molecular weight is 332 g/mol. The predicted molar refractivity (Wildman–Crippen MR) is 85.2 cm³/mol. The summed E-state index contributed by atoms with van der Waals surface area (Å²) >= 11 is 0. The Morgan fingerprint density at radius 3 is 2.45 bits per heavy atom. The van der Waals surface area contributed by atoms with Crippen molar-refractivity contribution in [2.75, 3.05) is 32.4 Å². The van der Waals surface area contributed by atoms with Crippen molar-refractivity contribution in [1.82, 2.24) is 9.21 Å². The molecule has 1 atom stereocenters. The van der Waals surface area contributed by atoms with E-state index in [1.165, 1.54) is 0 Å². The molecule has 6 nitrogen and oxygen atoms in total. The average Bonchev–Trinajstić information content (AvgIpc) is 2.77. The maximum atomic E-state index is 12.6. The largest absolute Gasteiger partial charge is 0.480 e. The SMILES string of the molecule is CN(CC(=O)O)C1CCCN(S(=O)(=O)CC2CCCC2)CC1. The van der Waals surface area contributed by atoms with Crippen LogP contribution in [-0.2, 0) is 14.8 Å². The summed E-state index contributed by atoms with van der Waals surface area (Å²) in [6.45, 7) is 1.11. The van der Waals surface area contributed by atoms with E-state index < -0.39 is 16.0 Å².